The third-order valence-electron chi connectivity index (χ3n) is 6.25. The molecule has 0 radical (unpaired) electrons. The molecule has 164 valence electrons. The minimum atomic E-state index is -0.467. The fraction of sp³-hybridized carbons (Fsp3) is 0.417. The Morgan fingerprint density at radius 1 is 1.16 bits per heavy atom. The maximum absolute atomic E-state index is 11.7. The topological polar surface area (TPSA) is 84.9 Å². The lowest BCUT2D eigenvalue weighted by Gasteiger charge is -2.37. The SMILES string of the molecule is Cc1c(C)c2c(c(C)c1O)CCC(C)(COc1ccc(C[C@H]3SC(=O)NC3=O)cc1)O2. The first-order valence-electron chi connectivity index (χ1n) is 10.4. The van der Waals surface area contributed by atoms with Gasteiger partial charge in [0, 0.05) is 5.56 Å². The van der Waals surface area contributed by atoms with E-state index in [2.05, 4.69) is 5.32 Å². The number of aromatic hydroxyl groups is 1. The van der Waals surface area contributed by atoms with E-state index >= 15 is 0 Å². The number of imide groups is 1. The fourth-order valence-electron chi connectivity index (χ4n) is 4.10. The molecule has 31 heavy (non-hydrogen) atoms. The zero-order valence-electron chi connectivity index (χ0n) is 18.2. The molecule has 0 aromatic heterocycles. The number of benzene rings is 2. The highest BCUT2D eigenvalue weighted by Crippen LogP contribution is 2.43. The minimum absolute atomic E-state index is 0.230. The molecule has 1 saturated heterocycles. The number of phenols is 1. The number of phenolic OH excluding ortho intramolecular Hbond substituents is 1. The number of thioether (sulfide) groups is 1. The molecule has 0 saturated carbocycles. The van der Waals surface area contributed by atoms with Crippen LogP contribution in [-0.4, -0.2) is 33.7 Å². The quantitative estimate of drug-likeness (QED) is 0.717. The Bertz CT molecular complexity index is 1050. The van der Waals surface area contributed by atoms with Gasteiger partial charge >= 0.3 is 0 Å². The molecule has 0 aliphatic carbocycles. The Hall–Kier alpha value is -2.67. The number of nitrogens with one attached hydrogen (secondary N) is 1. The Morgan fingerprint density at radius 2 is 1.87 bits per heavy atom. The Morgan fingerprint density at radius 3 is 2.52 bits per heavy atom. The van der Waals surface area contributed by atoms with Gasteiger partial charge in [0.1, 0.15) is 29.5 Å². The third kappa shape index (κ3) is 4.24. The number of rotatable bonds is 5. The number of carbonyl (C=O) groups is 2. The highest BCUT2D eigenvalue weighted by molar-refractivity contribution is 8.15. The molecule has 2 aliphatic heterocycles. The standard InChI is InChI=1S/C24H27NO5S/c1-13-14(2)21-18(15(3)20(13)26)9-10-24(4,30-21)12-29-17-7-5-16(6-8-17)11-19-22(27)25-23(28)31-19/h5-8,19,26H,9-12H2,1-4H3,(H,25,27,28)/t19-,24?/m1/s1. The van der Waals surface area contributed by atoms with Gasteiger partial charge in [-0.15, -0.1) is 0 Å². The summed E-state index contributed by atoms with van der Waals surface area (Å²) in [5.74, 6) is 1.72. The van der Waals surface area contributed by atoms with E-state index < -0.39 is 5.60 Å². The molecular formula is C24H27NO5S. The van der Waals surface area contributed by atoms with Crippen molar-refractivity contribution in [2.75, 3.05) is 6.61 Å². The van der Waals surface area contributed by atoms with Gasteiger partial charge in [-0.25, -0.2) is 0 Å². The van der Waals surface area contributed by atoms with Crippen molar-refractivity contribution in [2.45, 2.75) is 57.8 Å². The van der Waals surface area contributed by atoms with Crippen LogP contribution in [0.2, 0.25) is 0 Å². The summed E-state index contributed by atoms with van der Waals surface area (Å²) >= 11 is 1.04. The minimum Gasteiger partial charge on any atom is -0.507 e. The second kappa shape index (κ2) is 8.11. The predicted octanol–water partition coefficient (Wildman–Crippen LogP) is 4.37. The molecule has 1 fully saturated rings. The number of ether oxygens (including phenoxy) is 2. The first-order valence-corrected chi connectivity index (χ1v) is 11.3. The van der Waals surface area contributed by atoms with Gasteiger partial charge in [-0.3, -0.25) is 14.9 Å². The first kappa shape index (κ1) is 21.6. The van der Waals surface area contributed by atoms with Crippen LogP contribution >= 0.6 is 11.8 Å². The molecule has 2 aliphatic rings. The molecule has 7 heteroatoms. The van der Waals surface area contributed by atoms with Crippen molar-refractivity contribution in [1.82, 2.24) is 5.32 Å². The first-order chi connectivity index (χ1) is 14.7. The van der Waals surface area contributed by atoms with Gasteiger partial charge in [0.2, 0.25) is 5.91 Å². The fourth-order valence-corrected chi connectivity index (χ4v) is 4.96. The van der Waals surface area contributed by atoms with Gasteiger partial charge in [0.15, 0.2) is 0 Å². The van der Waals surface area contributed by atoms with E-state index in [1.54, 1.807) is 0 Å². The molecule has 0 spiro atoms. The lowest BCUT2D eigenvalue weighted by Crippen LogP contribution is -2.42. The van der Waals surface area contributed by atoms with Crippen molar-refractivity contribution in [3.63, 3.8) is 0 Å². The third-order valence-corrected chi connectivity index (χ3v) is 7.23. The van der Waals surface area contributed by atoms with Gasteiger partial charge in [-0.2, -0.15) is 0 Å². The number of amides is 2. The van der Waals surface area contributed by atoms with Gasteiger partial charge in [0.25, 0.3) is 5.24 Å². The number of hydrogen-bond acceptors (Lipinski definition) is 6. The highest BCUT2D eigenvalue weighted by Gasteiger charge is 2.35. The molecule has 2 heterocycles. The monoisotopic (exact) mass is 441 g/mol. The molecule has 2 atom stereocenters. The van der Waals surface area contributed by atoms with Gasteiger partial charge in [-0.1, -0.05) is 23.9 Å². The summed E-state index contributed by atoms with van der Waals surface area (Å²) in [5, 5.41) is 12.0. The lowest BCUT2D eigenvalue weighted by molar-refractivity contribution is -0.118. The second-order valence-corrected chi connectivity index (χ2v) is 9.78. The second-order valence-electron chi connectivity index (χ2n) is 8.60. The molecule has 2 aromatic rings. The summed E-state index contributed by atoms with van der Waals surface area (Å²) in [6, 6.07) is 7.61. The van der Waals surface area contributed by atoms with Gasteiger partial charge in [-0.05, 0) is 81.3 Å². The van der Waals surface area contributed by atoms with Crippen LogP contribution in [0.1, 0.15) is 41.2 Å². The molecule has 2 aromatic carbocycles. The lowest BCUT2D eigenvalue weighted by atomic mass is 9.87. The average Bonchev–Trinajstić information content (AvgIpc) is 3.06. The van der Waals surface area contributed by atoms with Crippen LogP contribution < -0.4 is 14.8 Å². The van der Waals surface area contributed by atoms with Crippen LogP contribution in [0.15, 0.2) is 24.3 Å². The summed E-state index contributed by atoms with van der Waals surface area (Å²) < 4.78 is 12.4. The van der Waals surface area contributed by atoms with Crippen molar-refractivity contribution in [2.24, 2.45) is 0 Å². The van der Waals surface area contributed by atoms with E-state index in [1.807, 2.05) is 52.0 Å². The molecule has 0 bridgehead atoms. The number of fused-ring (bicyclic) bond motifs is 1. The van der Waals surface area contributed by atoms with Crippen LogP contribution in [0.3, 0.4) is 0 Å². The van der Waals surface area contributed by atoms with Crippen LogP contribution in [0.5, 0.6) is 17.2 Å². The maximum Gasteiger partial charge on any atom is 0.286 e. The van der Waals surface area contributed by atoms with Crippen molar-refractivity contribution < 1.29 is 24.2 Å². The number of hydrogen-bond donors (Lipinski definition) is 2. The van der Waals surface area contributed by atoms with E-state index in [4.69, 9.17) is 9.47 Å². The van der Waals surface area contributed by atoms with Crippen LogP contribution in [0.25, 0.3) is 0 Å². The Balaban J connectivity index is 1.41. The molecule has 6 nitrogen and oxygen atoms in total. The van der Waals surface area contributed by atoms with Crippen molar-refractivity contribution in [1.29, 1.82) is 0 Å². The van der Waals surface area contributed by atoms with E-state index in [0.717, 1.165) is 63.9 Å². The summed E-state index contributed by atoms with van der Waals surface area (Å²) in [6.45, 7) is 8.28. The van der Waals surface area contributed by atoms with E-state index in [9.17, 15) is 14.7 Å². The largest absolute Gasteiger partial charge is 0.507 e. The highest BCUT2D eigenvalue weighted by atomic mass is 32.2. The summed E-state index contributed by atoms with van der Waals surface area (Å²) in [7, 11) is 0. The molecule has 1 unspecified atom stereocenters. The molecule has 2 amide bonds. The summed E-state index contributed by atoms with van der Waals surface area (Å²) in [5.41, 5.74) is 4.31. The Labute approximate surface area is 186 Å². The van der Waals surface area contributed by atoms with Crippen LogP contribution in [0.4, 0.5) is 4.79 Å². The Kier molecular flexibility index (Phi) is 5.64. The molecule has 4 rings (SSSR count). The molecular weight excluding hydrogens is 414 g/mol. The van der Waals surface area contributed by atoms with E-state index in [-0.39, 0.29) is 16.4 Å². The number of carbonyl (C=O) groups excluding carboxylic acids is 2. The van der Waals surface area contributed by atoms with E-state index in [1.165, 1.54) is 0 Å². The average molecular weight is 442 g/mol. The van der Waals surface area contributed by atoms with E-state index in [0.29, 0.717) is 18.8 Å². The van der Waals surface area contributed by atoms with Gasteiger partial charge < -0.3 is 14.6 Å². The van der Waals surface area contributed by atoms with Crippen molar-refractivity contribution in [3.8, 4) is 17.2 Å². The maximum atomic E-state index is 11.7. The van der Waals surface area contributed by atoms with Crippen molar-refractivity contribution in [3.05, 3.63) is 52.1 Å². The smallest absolute Gasteiger partial charge is 0.286 e. The summed E-state index contributed by atoms with van der Waals surface area (Å²) in [4.78, 5) is 23.0. The normalized spacial score (nSPS) is 22.6. The van der Waals surface area contributed by atoms with Crippen LogP contribution in [0, 0.1) is 20.8 Å². The zero-order valence-corrected chi connectivity index (χ0v) is 19.0. The predicted molar refractivity (Wildman–Crippen MR) is 120 cm³/mol. The van der Waals surface area contributed by atoms with Gasteiger partial charge in [0.05, 0.1) is 5.25 Å². The van der Waals surface area contributed by atoms with Crippen molar-refractivity contribution >= 4 is 22.9 Å². The molecule has 2 N–H and O–H groups in total. The van der Waals surface area contributed by atoms with Crippen LogP contribution in [-0.2, 0) is 17.6 Å². The zero-order chi connectivity index (χ0) is 22.3. The summed E-state index contributed by atoms with van der Waals surface area (Å²) in [6.07, 6.45) is 2.13.